The summed E-state index contributed by atoms with van der Waals surface area (Å²) in [6.45, 7) is 1.70. The van der Waals surface area contributed by atoms with E-state index in [-0.39, 0.29) is 18.2 Å². The van der Waals surface area contributed by atoms with Gasteiger partial charge in [-0.2, -0.15) is 10.2 Å². The van der Waals surface area contributed by atoms with Crippen LogP contribution >= 0.6 is 0 Å². The number of hydrazone groups is 2. The molecule has 0 saturated carbocycles. The summed E-state index contributed by atoms with van der Waals surface area (Å²) in [5, 5.41) is 7.60. The van der Waals surface area contributed by atoms with Gasteiger partial charge in [0.15, 0.2) is 0 Å². The van der Waals surface area contributed by atoms with E-state index in [1.807, 2.05) is 30.3 Å². The molecule has 1 atom stereocenters. The van der Waals surface area contributed by atoms with E-state index in [2.05, 4.69) is 21.1 Å². The first-order chi connectivity index (χ1) is 11.1. The molecule has 2 N–H and O–H groups in total. The monoisotopic (exact) mass is 314 g/mol. The second-order valence-corrected chi connectivity index (χ2v) is 4.90. The molecule has 0 bridgehead atoms. The van der Waals surface area contributed by atoms with Crippen LogP contribution in [0.4, 0.5) is 0 Å². The lowest BCUT2D eigenvalue weighted by molar-refractivity contribution is -0.127. The Morgan fingerprint density at radius 1 is 1.48 bits per heavy atom. The molecule has 7 heteroatoms. The quantitative estimate of drug-likeness (QED) is 0.613. The van der Waals surface area contributed by atoms with Gasteiger partial charge in [-0.05, 0) is 25.1 Å². The molecule has 0 saturated heterocycles. The summed E-state index contributed by atoms with van der Waals surface area (Å²) in [6, 6.07) is 7.55. The Morgan fingerprint density at radius 2 is 2.26 bits per heavy atom. The van der Waals surface area contributed by atoms with Gasteiger partial charge in [0.25, 0.3) is 0 Å². The van der Waals surface area contributed by atoms with Crippen molar-refractivity contribution in [1.29, 1.82) is 0 Å². The summed E-state index contributed by atoms with van der Waals surface area (Å²) in [4.78, 5) is 23.2. The highest BCUT2D eigenvalue weighted by Crippen LogP contribution is 2.18. The number of carbonyl (C=O) groups is 2. The highest BCUT2D eigenvalue weighted by atomic mass is 16.5. The molecule has 2 rings (SSSR count). The number of rotatable bonds is 6. The zero-order chi connectivity index (χ0) is 16.7. The van der Waals surface area contributed by atoms with Crippen LogP contribution in [-0.4, -0.2) is 30.9 Å². The third-order valence-electron chi connectivity index (χ3n) is 3.32. The van der Waals surface area contributed by atoms with Crippen molar-refractivity contribution >= 4 is 29.8 Å². The van der Waals surface area contributed by atoms with Gasteiger partial charge in [-0.25, -0.2) is 10.9 Å². The summed E-state index contributed by atoms with van der Waals surface area (Å²) in [7, 11) is 1.60. The normalized spacial score (nSPS) is 17.4. The van der Waals surface area contributed by atoms with Crippen LogP contribution in [0.2, 0.25) is 0 Å². The van der Waals surface area contributed by atoms with E-state index in [1.165, 1.54) is 6.21 Å². The molecule has 1 unspecified atom stereocenters. The predicted molar refractivity (Wildman–Crippen MR) is 88.0 cm³/mol. The van der Waals surface area contributed by atoms with Crippen molar-refractivity contribution in [2.75, 3.05) is 7.11 Å². The molecular formula is C16H18N4O3. The predicted octanol–water partition coefficient (Wildman–Crippen LogP) is 1.32. The smallest absolute Gasteiger partial charge is 0.249 e. The zero-order valence-corrected chi connectivity index (χ0v) is 12.9. The van der Waals surface area contributed by atoms with Crippen molar-refractivity contribution in [2.24, 2.45) is 16.1 Å². The first kappa shape index (κ1) is 16.4. The van der Waals surface area contributed by atoms with E-state index in [1.54, 1.807) is 20.1 Å². The fraction of sp³-hybridized carbons (Fsp3) is 0.250. The minimum absolute atomic E-state index is 0.0225. The van der Waals surface area contributed by atoms with Crippen molar-refractivity contribution in [3.05, 3.63) is 35.9 Å². The molecule has 1 aromatic carbocycles. The van der Waals surface area contributed by atoms with Crippen LogP contribution < -0.4 is 15.6 Å². The van der Waals surface area contributed by atoms with E-state index in [0.717, 1.165) is 11.3 Å². The molecule has 2 amide bonds. The van der Waals surface area contributed by atoms with Crippen molar-refractivity contribution in [3.63, 3.8) is 0 Å². The Balaban J connectivity index is 1.82. The highest BCUT2D eigenvalue weighted by molar-refractivity contribution is 6.09. The van der Waals surface area contributed by atoms with E-state index in [9.17, 15) is 9.59 Å². The third kappa shape index (κ3) is 4.50. The van der Waals surface area contributed by atoms with Crippen LogP contribution in [0, 0.1) is 5.92 Å². The van der Waals surface area contributed by atoms with Crippen LogP contribution in [0.5, 0.6) is 5.75 Å². The first-order valence-electron chi connectivity index (χ1n) is 7.07. The average Bonchev–Trinajstić information content (AvgIpc) is 2.87. The van der Waals surface area contributed by atoms with Gasteiger partial charge >= 0.3 is 0 Å². The van der Waals surface area contributed by atoms with Gasteiger partial charge < -0.3 is 4.74 Å². The standard InChI is InChI=1S/C16H18N4O3/c1-11-13(16(22)20-18-11)10-15(21)19-17-9-5-7-12-6-3-4-8-14(12)23-2/h3-9,13H,10H2,1-2H3,(H,19,21)(H,20,22)/b7-5+,17-9+. The summed E-state index contributed by atoms with van der Waals surface area (Å²) >= 11 is 0. The maximum Gasteiger partial charge on any atom is 0.249 e. The number of benzene rings is 1. The van der Waals surface area contributed by atoms with Gasteiger partial charge in [-0.15, -0.1) is 0 Å². The minimum Gasteiger partial charge on any atom is -0.496 e. The van der Waals surface area contributed by atoms with Crippen LogP contribution in [-0.2, 0) is 9.59 Å². The maximum atomic E-state index is 11.7. The highest BCUT2D eigenvalue weighted by Gasteiger charge is 2.28. The second kappa shape index (κ2) is 7.88. The maximum absolute atomic E-state index is 11.7. The first-order valence-corrected chi connectivity index (χ1v) is 7.07. The molecule has 1 aromatic rings. The lowest BCUT2D eigenvalue weighted by Gasteiger charge is -2.05. The van der Waals surface area contributed by atoms with Crippen LogP contribution in [0.3, 0.4) is 0 Å². The zero-order valence-electron chi connectivity index (χ0n) is 12.9. The van der Waals surface area contributed by atoms with E-state index >= 15 is 0 Å². The molecule has 23 heavy (non-hydrogen) atoms. The van der Waals surface area contributed by atoms with Crippen LogP contribution in [0.1, 0.15) is 18.9 Å². The molecule has 1 aliphatic rings. The second-order valence-electron chi connectivity index (χ2n) is 4.90. The van der Waals surface area contributed by atoms with Gasteiger partial charge in [0.05, 0.1) is 13.0 Å². The number of para-hydroxylation sites is 1. The number of hydrogen-bond acceptors (Lipinski definition) is 5. The number of allylic oxidation sites excluding steroid dienone is 1. The minimum atomic E-state index is -0.519. The van der Waals surface area contributed by atoms with E-state index in [0.29, 0.717) is 5.71 Å². The SMILES string of the molecule is COc1ccccc1/C=C/C=N/NC(=O)CC1C(=O)NN=C1C. The molecule has 0 spiro atoms. The van der Waals surface area contributed by atoms with Crippen molar-refractivity contribution in [3.8, 4) is 5.75 Å². The Bertz CT molecular complexity index is 680. The molecule has 1 heterocycles. The van der Waals surface area contributed by atoms with Crippen molar-refractivity contribution in [1.82, 2.24) is 10.9 Å². The molecule has 1 aliphatic heterocycles. The number of hydrogen-bond donors (Lipinski definition) is 2. The molecule has 0 radical (unpaired) electrons. The fourth-order valence-corrected chi connectivity index (χ4v) is 2.06. The Labute approximate surface area is 134 Å². The Hall–Kier alpha value is -2.96. The summed E-state index contributed by atoms with van der Waals surface area (Å²) in [5.74, 6) is -0.376. The number of carbonyl (C=O) groups excluding carboxylic acids is 2. The molecule has 7 nitrogen and oxygen atoms in total. The van der Waals surface area contributed by atoms with Crippen molar-refractivity contribution in [2.45, 2.75) is 13.3 Å². The van der Waals surface area contributed by atoms with E-state index in [4.69, 9.17) is 4.74 Å². The molecule has 0 aliphatic carbocycles. The Kier molecular flexibility index (Phi) is 5.62. The molecule has 120 valence electrons. The largest absolute Gasteiger partial charge is 0.496 e. The number of nitrogens with one attached hydrogen (secondary N) is 2. The van der Waals surface area contributed by atoms with E-state index < -0.39 is 5.92 Å². The fourth-order valence-electron chi connectivity index (χ4n) is 2.06. The molecule has 0 aromatic heterocycles. The summed E-state index contributed by atoms with van der Waals surface area (Å²) in [6.07, 6.45) is 4.98. The summed E-state index contributed by atoms with van der Waals surface area (Å²) < 4.78 is 5.22. The van der Waals surface area contributed by atoms with Gasteiger partial charge in [0, 0.05) is 23.9 Å². The average molecular weight is 314 g/mol. The van der Waals surface area contributed by atoms with Crippen LogP contribution in [0.15, 0.2) is 40.5 Å². The summed E-state index contributed by atoms with van der Waals surface area (Å²) in [5.41, 5.74) is 6.22. The van der Waals surface area contributed by atoms with Gasteiger partial charge in [0.1, 0.15) is 5.75 Å². The Morgan fingerprint density at radius 3 is 2.96 bits per heavy atom. The number of amides is 2. The lowest BCUT2D eigenvalue weighted by Crippen LogP contribution is -2.29. The van der Waals surface area contributed by atoms with Crippen LogP contribution in [0.25, 0.3) is 6.08 Å². The molecular weight excluding hydrogens is 296 g/mol. The number of methoxy groups -OCH3 is 1. The topological polar surface area (TPSA) is 92.1 Å². The third-order valence-corrected chi connectivity index (χ3v) is 3.32. The van der Waals surface area contributed by atoms with Gasteiger partial charge in [0.2, 0.25) is 11.8 Å². The number of ether oxygens (including phenoxy) is 1. The number of nitrogens with zero attached hydrogens (tertiary/aromatic N) is 2. The van der Waals surface area contributed by atoms with Crippen molar-refractivity contribution < 1.29 is 14.3 Å². The molecule has 0 fully saturated rings. The van der Waals surface area contributed by atoms with Gasteiger partial charge in [-0.3, -0.25) is 9.59 Å². The van der Waals surface area contributed by atoms with Gasteiger partial charge in [-0.1, -0.05) is 18.2 Å². The lowest BCUT2D eigenvalue weighted by atomic mass is 10.0.